The van der Waals surface area contributed by atoms with E-state index in [1.165, 1.54) is 5.56 Å². The Hall–Kier alpha value is -1.53. The Bertz CT molecular complexity index is 625. The fourth-order valence-corrected chi connectivity index (χ4v) is 4.22. The summed E-state index contributed by atoms with van der Waals surface area (Å²) in [6, 6.07) is 0. The second-order valence-electron chi connectivity index (χ2n) is 7.21. The van der Waals surface area contributed by atoms with Gasteiger partial charge in [-0.25, -0.2) is 9.97 Å². The molecule has 1 spiro atoms. The van der Waals surface area contributed by atoms with Crippen LogP contribution >= 0.6 is 0 Å². The summed E-state index contributed by atoms with van der Waals surface area (Å²) in [7, 11) is 0. The van der Waals surface area contributed by atoms with E-state index in [4.69, 9.17) is 9.72 Å². The monoisotopic (exact) mass is 330 g/mol. The van der Waals surface area contributed by atoms with Gasteiger partial charge in [-0.1, -0.05) is 0 Å². The largest absolute Gasteiger partial charge is 0.368 e. The molecule has 0 saturated carbocycles. The van der Waals surface area contributed by atoms with E-state index in [9.17, 15) is 4.79 Å². The van der Waals surface area contributed by atoms with Gasteiger partial charge in [-0.15, -0.1) is 0 Å². The van der Waals surface area contributed by atoms with Gasteiger partial charge >= 0.3 is 0 Å². The van der Waals surface area contributed by atoms with Crippen molar-refractivity contribution in [3.63, 3.8) is 0 Å². The van der Waals surface area contributed by atoms with Crippen LogP contribution in [-0.2, 0) is 21.6 Å². The van der Waals surface area contributed by atoms with Crippen LogP contribution in [0.4, 0.5) is 0 Å². The first-order chi connectivity index (χ1) is 11.7. The molecule has 0 unspecified atom stereocenters. The van der Waals surface area contributed by atoms with Crippen molar-refractivity contribution in [2.45, 2.75) is 44.6 Å². The van der Waals surface area contributed by atoms with Crippen LogP contribution in [0, 0.1) is 6.92 Å². The molecule has 6 heteroatoms. The molecule has 6 nitrogen and oxygen atoms in total. The van der Waals surface area contributed by atoms with Crippen LogP contribution in [0.15, 0.2) is 6.20 Å². The average Bonchev–Trinajstić information content (AvgIpc) is 3.00. The molecule has 130 valence electrons. The van der Waals surface area contributed by atoms with Gasteiger partial charge in [0.05, 0.1) is 12.3 Å². The normalized spacial score (nSPS) is 23.7. The van der Waals surface area contributed by atoms with Crippen molar-refractivity contribution in [3.8, 4) is 0 Å². The van der Waals surface area contributed by atoms with Crippen LogP contribution in [0.3, 0.4) is 0 Å². The maximum atomic E-state index is 11.7. The number of hydrogen-bond donors (Lipinski definition) is 0. The van der Waals surface area contributed by atoms with Crippen LogP contribution in [-0.4, -0.2) is 65.0 Å². The number of likely N-dealkylation sites (tertiary alicyclic amines) is 2. The Kier molecular flexibility index (Phi) is 4.26. The van der Waals surface area contributed by atoms with E-state index in [1.807, 2.05) is 18.0 Å². The molecule has 0 aromatic carbocycles. The third-order valence-corrected chi connectivity index (χ3v) is 5.69. The highest BCUT2D eigenvalue weighted by Crippen LogP contribution is 2.40. The molecule has 0 N–H and O–H groups in total. The molecule has 0 radical (unpaired) electrons. The van der Waals surface area contributed by atoms with Crippen LogP contribution in [0.25, 0.3) is 0 Å². The minimum absolute atomic E-state index is 0.221. The third kappa shape index (κ3) is 2.93. The second-order valence-corrected chi connectivity index (χ2v) is 7.21. The molecule has 3 aliphatic rings. The lowest BCUT2D eigenvalue weighted by molar-refractivity contribution is -0.128. The van der Waals surface area contributed by atoms with E-state index >= 15 is 0 Å². The minimum atomic E-state index is -0.221. The number of carbonyl (C=O) groups excluding carboxylic acids is 1. The highest BCUT2D eigenvalue weighted by atomic mass is 16.5. The molecule has 2 fully saturated rings. The van der Waals surface area contributed by atoms with Gasteiger partial charge in [-0.05, 0) is 38.2 Å². The summed E-state index contributed by atoms with van der Waals surface area (Å²) < 4.78 is 6.25. The standard InChI is InChI=1S/C18H26N4O2/c1-14-19-13-15-4-12-24-18(17(15)20-14)5-8-21(9-6-18)10-11-22-7-2-3-16(22)23/h13H,2-12H2,1H3. The first kappa shape index (κ1) is 16.0. The van der Waals surface area contributed by atoms with E-state index in [1.54, 1.807) is 0 Å². The highest BCUT2D eigenvalue weighted by Gasteiger charge is 2.42. The van der Waals surface area contributed by atoms with Crippen molar-refractivity contribution in [3.05, 3.63) is 23.3 Å². The van der Waals surface area contributed by atoms with Gasteiger partial charge in [0.2, 0.25) is 5.91 Å². The van der Waals surface area contributed by atoms with E-state index in [-0.39, 0.29) is 5.60 Å². The SMILES string of the molecule is Cc1ncc2c(n1)C1(CCN(CCN3CCCC3=O)CC1)OCC2. The molecule has 0 atom stereocenters. The molecule has 1 amide bonds. The van der Waals surface area contributed by atoms with Crippen LogP contribution in [0.2, 0.25) is 0 Å². The van der Waals surface area contributed by atoms with Crippen molar-refractivity contribution in [1.82, 2.24) is 19.8 Å². The predicted molar refractivity (Wildman–Crippen MR) is 89.6 cm³/mol. The van der Waals surface area contributed by atoms with E-state index < -0.39 is 0 Å². The topological polar surface area (TPSA) is 58.6 Å². The first-order valence-electron chi connectivity index (χ1n) is 9.13. The van der Waals surface area contributed by atoms with Gasteiger partial charge in [0.25, 0.3) is 0 Å². The van der Waals surface area contributed by atoms with Gasteiger partial charge in [-0.3, -0.25) is 4.79 Å². The Morgan fingerprint density at radius 3 is 2.79 bits per heavy atom. The van der Waals surface area contributed by atoms with Crippen molar-refractivity contribution < 1.29 is 9.53 Å². The fraction of sp³-hybridized carbons (Fsp3) is 0.722. The van der Waals surface area contributed by atoms with Crippen LogP contribution in [0.1, 0.15) is 42.8 Å². The molecule has 24 heavy (non-hydrogen) atoms. The molecule has 1 aromatic rings. The van der Waals surface area contributed by atoms with Crippen molar-refractivity contribution in [2.24, 2.45) is 0 Å². The summed E-state index contributed by atoms with van der Waals surface area (Å²) in [4.78, 5) is 25.3. The number of nitrogens with zero attached hydrogens (tertiary/aromatic N) is 4. The quantitative estimate of drug-likeness (QED) is 0.835. The molecule has 3 aliphatic heterocycles. The number of aromatic nitrogens is 2. The Labute approximate surface area is 143 Å². The number of carbonyl (C=O) groups is 1. The molecule has 4 rings (SSSR count). The summed E-state index contributed by atoms with van der Waals surface area (Å²) in [5.74, 6) is 1.15. The first-order valence-corrected chi connectivity index (χ1v) is 9.13. The lowest BCUT2D eigenvalue weighted by atomic mass is 9.83. The Balaban J connectivity index is 1.39. The van der Waals surface area contributed by atoms with Crippen molar-refractivity contribution in [1.29, 1.82) is 0 Å². The molecule has 0 aliphatic carbocycles. The molecule has 0 bridgehead atoms. The number of amides is 1. The number of ether oxygens (including phenoxy) is 1. The summed E-state index contributed by atoms with van der Waals surface area (Å²) in [5.41, 5.74) is 2.15. The molecule has 1 aromatic heterocycles. The van der Waals surface area contributed by atoms with Gasteiger partial charge in [-0.2, -0.15) is 0 Å². The zero-order valence-corrected chi connectivity index (χ0v) is 14.5. The lowest BCUT2D eigenvalue weighted by Crippen LogP contribution is -2.48. The lowest BCUT2D eigenvalue weighted by Gasteiger charge is -2.44. The van der Waals surface area contributed by atoms with Gasteiger partial charge in [0.1, 0.15) is 11.4 Å². The summed E-state index contributed by atoms with van der Waals surface area (Å²) in [6.45, 7) is 7.49. The number of aryl methyl sites for hydroxylation is 1. The molecule has 2 saturated heterocycles. The van der Waals surface area contributed by atoms with Crippen LogP contribution < -0.4 is 0 Å². The maximum absolute atomic E-state index is 11.7. The Morgan fingerprint density at radius 1 is 1.21 bits per heavy atom. The summed E-state index contributed by atoms with van der Waals surface area (Å²) in [6.07, 6.45) is 6.60. The van der Waals surface area contributed by atoms with E-state index in [2.05, 4.69) is 9.88 Å². The van der Waals surface area contributed by atoms with Gasteiger partial charge in [0, 0.05) is 45.3 Å². The van der Waals surface area contributed by atoms with E-state index in [0.29, 0.717) is 5.91 Å². The van der Waals surface area contributed by atoms with E-state index in [0.717, 1.165) is 83.0 Å². The number of hydrogen-bond acceptors (Lipinski definition) is 5. The Morgan fingerprint density at radius 2 is 2.04 bits per heavy atom. The minimum Gasteiger partial charge on any atom is -0.368 e. The number of piperidine rings is 1. The fourth-order valence-electron chi connectivity index (χ4n) is 4.22. The smallest absolute Gasteiger partial charge is 0.222 e. The molecular weight excluding hydrogens is 304 g/mol. The number of fused-ring (bicyclic) bond motifs is 2. The van der Waals surface area contributed by atoms with Gasteiger partial charge < -0.3 is 14.5 Å². The van der Waals surface area contributed by atoms with Crippen LogP contribution in [0.5, 0.6) is 0 Å². The second kappa shape index (κ2) is 6.41. The number of rotatable bonds is 3. The van der Waals surface area contributed by atoms with Crippen molar-refractivity contribution in [2.75, 3.05) is 39.3 Å². The molecular formula is C18H26N4O2. The predicted octanol–water partition coefficient (Wildman–Crippen LogP) is 1.27. The zero-order chi connectivity index (χ0) is 16.6. The highest BCUT2D eigenvalue weighted by molar-refractivity contribution is 5.78. The molecule has 4 heterocycles. The maximum Gasteiger partial charge on any atom is 0.222 e. The third-order valence-electron chi connectivity index (χ3n) is 5.69. The zero-order valence-electron chi connectivity index (χ0n) is 14.5. The van der Waals surface area contributed by atoms with Crippen molar-refractivity contribution >= 4 is 5.91 Å². The van der Waals surface area contributed by atoms with Gasteiger partial charge in [0.15, 0.2) is 0 Å². The average molecular weight is 330 g/mol. The summed E-state index contributed by atoms with van der Waals surface area (Å²) in [5, 5.41) is 0. The summed E-state index contributed by atoms with van der Waals surface area (Å²) >= 11 is 0.